The Morgan fingerprint density at radius 2 is 1.95 bits per heavy atom. The van der Waals surface area contributed by atoms with Crippen molar-refractivity contribution in [2.45, 2.75) is 26.1 Å². The quantitative estimate of drug-likeness (QED) is 0.559. The smallest absolute Gasteiger partial charge is 0.284 e. The van der Waals surface area contributed by atoms with Gasteiger partial charge < -0.3 is 4.74 Å². The molecule has 116 valence electrons. The van der Waals surface area contributed by atoms with Gasteiger partial charge in [0.1, 0.15) is 5.75 Å². The SMILES string of the molecule is CCC(Oc1cccc(I)c1)C(=O)NOCc1ccccc1. The van der Waals surface area contributed by atoms with Crippen molar-refractivity contribution in [1.29, 1.82) is 0 Å². The fourth-order valence-electron chi connectivity index (χ4n) is 1.86. The van der Waals surface area contributed by atoms with Gasteiger partial charge in [-0.05, 0) is 52.8 Å². The van der Waals surface area contributed by atoms with Crippen LogP contribution in [0.1, 0.15) is 18.9 Å². The molecule has 0 saturated heterocycles. The summed E-state index contributed by atoms with van der Waals surface area (Å²) < 4.78 is 6.77. The van der Waals surface area contributed by atoms with Crippen molar-refractivity contribution in [2.75, 3.05) is 0 Å². The number of amides is 1. The van der Waals surface area contributed by atoms with Gasteiger partial charge in [-0.3, -0.25) is 9.63 Å². The van der Waals surface area contributed by atoms with Gasteiger partial charge in [0.05, 0.1) is 6.61 Å². The summed E-state index contributed by atoms with van der Waals surface area (Å²) in [5.74, 6) is 0.397. The van der Waals surface area contributed by atoms with Crippen molar-refractivity contribution < 1.29 is 14.4 Å². The maximum atomic E-state index is 12.1. The number of hydroxylamine groups is 1. The maximum Gasteiger partial charge on any atom is 0.284 e. The average molecular weight is 411 g/mol. The minimum Gasteiger partial charge on any atom is -0.480 e. The Balaban J connectivity index is 1.84. The van der Waals surface area contributed by atoms with Crippen LogP contribution in [-0.2, 0) is 16.2 Å². The predicted octanol–water partition coefficient (Wildman–Crippen LogP) is 3.70. The van der Waals surface area contributed by atoms with E-state index in [9.17, 15) is 4.79 Å². The van der Waals surface area contributed by atoms with E-state index >= 15 is 0 Å². The van der Waals surface area contributed by atoms with Crippen molar-refractivity contribution in [3.8, 4) is 5.75 Å². The zero-order valence-electron chi connectivity index (χ0n) is 12.3. The fraction of sp³-hybridized carbons (Fsp3) is 0.235. The van der Waals surface area contributed by atoms with Crippen LogP contribution in [0.3, 0.4) is 0 Å². The molecule has 0 aliphatic heterocycles. The number of ether oxygens (including phenoxy) is 1. The number of nitrogens with one attached hydrogen (secondary N) is 1. The molecule has 1 amide bonds. The van der Waals surface area contributed by atoms with Crippen LogP contribution in [0.5, 0.6) is 5.75 Å². The molecule has 4 nitrogen and oxygen atoms in total. The van der Waals surface area contributed by atoms with E-state index in [2.05, 4.69) is 28.1 Å². The highest BCUT2D eigenvalue weighted by Gasteiger charge is 2.18. The molecule has 0 radical (unpaired) electrons. The second-order valence-electron chi connectivity index (χ2n) is 4.71. The van der Waals surface area contributed by atoms with E-state index in [1.165, 1.54) is 0 Å². The number of carbonyl (C=O) groups is 1. The van der Waals surface area contributed by atoms with E-state index in [1.54, 1.807) is 0 Å². The monoisotopic (exact) mass is 411 g/mol. The lowest BCUT2D eigenvalue weighted by Crippen LogP contribution is -2.37. The van der Waals surface area contributed by atoms with Gasteiger partial charge in [-0.2, -0.15) is 0 Å². The third kappa shape index (κ3) is 5.31. The van der Waals surface area contributed by atoms with E-state index in [-0.39, 0.29) is 5.91 Å². The largest absolute Gasteiger partial charge is 0.480 e. The summed E-state index contributed by atoms with van der Waals surface area (Å²) in [7, 11) is 0. The lowest BCUT2D eigenvalue weighted by atomic mass is 10.2. The van der Waals surface area contributed by atoms with Crippen LogP contribution < -0.4 is 10.2 Å². The number of benzene rings is 2. The molecular formula is C17H18INO3. The van der Waals surface area contributed by atoms with Crippen LogP contribution >= 0.6 is 22.6 Å². The molecule has 0 saturated carbocycles. The van der Waals surface area contributed by atoms with E-state index in [0.29, 0.717) is 18.8 Å². The number of halogens is 1. The first-order valence-corrected chi connectivity index (χ1v) is 8.14. The van der Waals surface area contributed by atoms with Crippen molar-refractivity contribution in [3.05, 3.63) is 63.7 Å². The van der Waals surface area contributed by atoms with Gasteiger partial charge in [-0.1, -0.05) is 43.3 Å². The Kier molecular flexibility index (Phi) is 6.67. The molecule has 2 aromatic carbocycles. The molecule has 0 heterocycles. The highest BCUT2D eigenvalue weighted by molar-refractivity contribution is 14.1. The molecule has 0 spiro atoms. The van der Waals surface area contributed by atoms with Crippen molar-refractivity contribution in [2.24, 2.45) is 0 Å². The van der Waals surface area contributed by atoms with Crippen LogP contribution in [0.4, 0.5) is 0 Å². The first-order valence-electron chi connectivity index (χ1n) is 7.07. The van der Waals surface area contributed by atoms with Crippen LogP contribution in [0.2, 0.25) is 0 Å². The minimum atomic E-state index is -0.575. The summed E-state index contributed by atoms with van der Waals surface area (Å²) in [6.07, 6.45) is -0.0135. The molecule has 2 rings (SSSR count). The third-order valence-electron chi connectivity index (χ3n) is 2.99. The van der Waals surface area contributed by atoms with Crippen LogP contribution in [0, 0.1) is 3.57 Å². The van der Waals surface area contributed by atoms with Crippen molar-refractivity contribution >= 4 is 28.5 Å². The summed E-state index contributed by atoms with van der Waals surface area (Å²) in [6, 6.07) is 17.3. The van der Waals surface area contributed by atoms with E-state index in [0.717, 1.165) is 9.13 Å². The Labute approximate surface area is 143 Å². The number of carbonyl (C=O) groups excluding carboxylic acids is 1. The zero-order chi connectivity index (χ0) is 15.8. The number of hydrogen-bond donors (Lipinski definition) is 1. The molecule has 2 aromatic rings. The Morgan fingerprint density at radius 3 is 2.64 bits per heavy atom. The lowest BCUT2D eigenvalue weighted by molar-refractivity contribution is -0.142. The molecule has 0 bridgehead atoms. The topological polar surface area (TPSA) is 47.6 Å². The van der Waals surface area contributed by atoms with E-state index < -0.39 is 6.10 Å². The van der Waals surface area contributed by atoms with E-state index in [4.69, 9.17) is 9.57 Å². The molecule has 0 aliphatic carbocycles. The summed E-state index contributed by atoms with van der Waals surface area (Å²) in [6.45, 7) is 2.22. The fourth-order valence-corrected chi connectivity index (χ4v) is 2.37. The second-order valence-corrected chi connectivity index (χ2v) is 5.96. The van der Waals surface area contributed by atoms with Crippen molar-refractivity contribution in [1.82, 2.24) is 5.48 Å². The molecule has 0 aromatic heterocycles. The van der Waals surface area contributed by atoms with Crippen LogP contribution in [0.15, 0.2) is 54.6 Å². The van der Waals surface area contributed by atoms with Gasteiger partial charge in [-0.15, -0.1) is 0 Å². The second kappa shape index (κ2) is 8.75. The molecule has 22 heavy (non-hydrogen) atoms. The molecule has 5 heteroatoms. The zero-order valence-corrected chi connectivity index (χ0v) is 14.4. The van der Waals surface area contributed by atoms with E-state index in [1.807, 2.05) is 61.5 Å². The first kappa shape index (κ1) is 16.8. The van der Waals surface area contributed by atoms with Crippen LogP contribution in [-0.4, -0.2) is 12.0 Å². The van der Waals surface area contributed by atoms with Gasteiger partial charge in [-0.25, -0.2) is 5.48 Å². The molecule has 0 aliphatic rings. The number of hydrogen-bond acceptors (Lipinski definition) is 3. The molecular weight excluding hydrogens is 393 g/mol. The first-order chi connectivity index (χ1) is 10.7. The molecule has 1 N–H and O–H groups in total. The standard InChI is InChI=1S/C17H18INO3/c1-2-16(22-15-10-6-9-14(18)11-15)17(20)19-21-12-13-7-4-3-5-8-13/h3-11,16H,2,12H2,1H3,(H,19,20). The van der Waals surface area contributed by atoms with Gasteiger partial charge >= 0.3 is 0 Å². The third-order valence-corrected chi connectivity index (χ3v) is 3.66. The highest BCUT2D eigenvalue weighted by Crippen LogP contribution is 2.17. The van der Waals surface area contributed by atoms with Crippen LogP contribution in [0.25, 0.3) is 0 Å². The van der Waals surface area contributed by atoms with Gasteiger partial charge in [0, 0.05) is 3.57 Å². The summed E-state index contributed by atoms with van der Waals surface area (Å²) in [5, 5.41) is 0. The summed E-state index contributed by atoms with van der Waals surface area (Å²) in [4.78, 5) is 17.3. The maximum absolute atomic E-state index is 12.1. The van der Waals surface area contributed by atoms with Gasteiger partial charge in [0.2, 0.25) is 0 Å². The Bertz CT molecular complexity index is 604. The lowest BCUT2D eigenvalue weighted by Gasteiger charge is -2.17. The molecule has 0 fully saturated rings. The normalized spacial score (nSPS) is 11.7. The average Bonchev–Trinajstić information content (AvgIpc) is 2.53. The van der Waals surface area contributed by atoms with Gasteiger partial charge in [0.15, 0.2) is 6.10 Å². The molecule has 1 atom stereocenters. The van der Waals surface area contributed by atoms with Crippen molar-refractivity contribution in [3.63, 3.8) is 0 Å². The minimum absolute atomic E-state index is 0.280. The Morgan fingerprint density at radius 1 is 1.18 bits per heavy atom. The summed E-state index contributed by atoms with van der Waals surface area (Å²) in [5.41, 5.74) is 3.45. The number of rotatable bonds is 7. The molecule has 1 unspecified atom stereocenters. The Hall–Kier alpha value is -1.60. The predicted molar refractivity (Wildman–Crippen MR) is 93.2 cm³/mol. The van der Waals surface area contributed by atoms with Gasteiger partial charge in [0.25, 0.3) is 5.91 Å². The highest BCUT2D eigenvalue weighted by atomic mass is 127. The summed E-state index contributed by atoms with van der Waals surface area (Å²) >= 11 is 2.21.